The SMILES string of the molecule is CC1Cc2ccccc2N1Cc1occc1C(=O)NCCN1CCNCC1.Cl.Cl. The minimum Gasteiger partial charge on any atom is -0.467 e. The van der Waals surface area contributed by atoms with Crippen molar-refractivity contribution in [2.45, 2.75) is 25.9 Å². The van der Waals surface area contributed by atoms with Gasteiger partial charge < -0.3 is 20.0 Å². The van der Waals surface area contributed by atoms with E-state index in [4.69, 9.17) is 4.42 Å². The third kappa shape index (κ3) is 5.45. The van der Waals surface area contributed by atoms with Crippen molar-refractivity contribution in [1.82, 2.24) is 15.5 Å². The summed E-state index contributed by atoms with van der Waals surface area (Å²) < 4.78 is 5.69. The van der Waals surface area contributed by atoms with Gasteiger partial charge in [0.25, 0.3) is 5.91 Å². The molecule has 0 bridgehead atoms. The summed E-state index contributed by atoms with van der Waals surface area (Å²) in [5, 5.41) is 6.39. The molecule has 29 heavy (non-hydrogen) atoms. The van der Waals surface area contributed by atoms with Crippen LogP contribution in [-0.4, -0.2) is 56.1 Å². The Kier molecular flexibility index (Phi) is 8.83. The lowest BCUT2D eigenvalue weighted by molar-refractivity contribution is 0.0945. The Hall–Kier alpha value is -1.73. The van der Waals surface area contributed by atoms with Gasteiger partial charge in [-0.25, -0.2) is 0 Å². The number of halogens is 2. The Labute approximate surface area is 184 Å². The predicted molar refractivity (Wildman–Crippen MR) is 121 cm³/mol. The first-order chi connectivity index (χ1) is 13.2. The molecule has 1 fully saturated rings. The van der Waals surface area contributed by atoms with Crippen molar-refractivity contribution in [3.8, 4) is 0 Å². The average Bonchev–Trinajstić information content (AvgIpc) is 3.28. The lowest BCUT2D eigenvalue weighted by Crippen LogP contribution is -2.46. The van der Waals surface area contributed by atoms with E-state index in [1.54, 1.807) is 12.3 Å². The maximum Gasteiger partial charge on any atom is 0.254 e. The molecule has 1 aromatic heterocycles. The summed E-state index contributed by atoms with van der Waals surface area (Å²) in [4.78, 5) is 17.3. The zero-order valence-electron chi connectivity index (χ0n) is 16.7. The van der Waals surface area contributed by atoms with Crippen LogP contribution in [0.5, 0.6) is 0 Å². The Morgan fingerprint density at radius 2 is 1.97 bits per heavy atom. The van der Waals surface area contributed by atoms with Crippen molar-refractivity contribution in [2.75, 3.05) is 44.2 Å². The zero-order chi connectivity index (χ0) is 18.6. The molecule has 4 rings (SSSR count). The van der Waals surface area contributed by atoms with Gasteiger partial charge in [0.05, 0.1) is 18.4 Å². The second-order valence-corrected chi connectivity index (χ2v) is 7.41. The van der Waals surface area contributed by atoms with Crippen molar-refractivity contribution in [3.05, 3.63) is 53.5 Å². The topological polar surface area (TPSA) is 60.8 Å². The normalized spacial score (nSPS) is 18.5. The average molecular weight is 441 g/mol. The highest BCUT2D eigenvalue weighted by Crippen LogP contribution is 2.33. The standard InChI is InChI=1S/C21H28N4O2.2ClH/c1-16-14-17-4-2-3-5-19(17)25(16)15-20-18(6-13-27-20)21(26)23-9-12-24-10-7-22-8-11-24;;/h2-6,13,16,22H,7-12,14-15H2,1H3,(H,23,26);2*1H. The van der Waals surface area contributed by atoms with E-state index < -0.39 is 0 Å². The first-order valence-corrected chi connectivity index (χ1v) is 9.84. The molecule has 1 amide bonds. The molecule has 2 aliphatic rings. The molecule has 6 nitrogen and oxygen atoms in total. The minimum absolute atomic E-state index is 0. The van der Waals surface area contributed by atoms with E-state index in [0.717, 1.165) is 44.9 Å². The van der Waals surface area contributed by atoms with Crippen LogP contribution in [0.15, 0.2) is 41.0 Å². The molecular weight excluding hydrogens is 411 g/mol. The van der Waals surface area contributed by atoms with Gasteiger partial charge in [-0.1, -0.05) is 18.2 Å². The Morgan fingerprint density at radius 1 is 1.21 bits per heavy atom. The molecule has 0 aliphatic carbocycles. The number of rotatable bonds is 6. The molecule has 0 radical (unpaired) electrons. The number of nitrogens with one attached hydrogen (secondary N) is 2. The van der Waals surface area contributed by atoms with E-state index in [0.29, 0.717) is 24.7 Å². The number of furan rings is 1. The van der Waals surface area contributed by atoms with Crippen LogP contribution in [-0.2, 0) is 13.0 Å². The van der Waals surface area contributed by atoms with Crippen LogP contribution < -0.4 is 15.5 Å². The molecule has 0 saturated carbocycles. The quantitative estimate of drug-likeness (QED) is 0.722. The van der Waals surface area contributed by atoms with Crippen LogP contribution in [0, 0.1) is 0 Å². The van der Waals surface area contributed by atoms with Crippen LogP contribution in [0.2, 0.25) is 0 Å². The number of fused-ring (bicyclic) bond motifs is 1. The fourth-order valence-corrected chi connectivity index (χ4v) is 4.05. The minimum atomic E-state index is -0.0472. The van der Waals surface area contributed by atoms with Crippen LogP contribution >= 0.6 is 24.8 Å². The third-order valence-electron chi connectivity index (χ3n) is 5.58. The molecule has 1 aromatic carbocycles. The van der Waals surface area contributed by atoms with Gasteiger partial charge in [-0.05, 0) is 31.0 Å². The second kappa shape index (κ2) is 10.9. The van der Waals surface area contributed by atoms with Gasteiger partial charge >= 0.3 is 0 Å². The second-order valence-electron chi connectivity index (χ2n) is 7.41. The molecule has 1 unspecified atom stereocenters. The summed E-state index contributed by atoms with van der Waals surface area (Å²) in [6.07, 6.45) is 2.65. The number of nitrogens with zero attached hydrogens (tertiary/aromatic N) is 2. The largest absolute Gasteiger partial charge is 0.467 e. The first-order valence-electron chi connectivity index (χ1n) is 9.84. The van der Waals surface area contributed by atoms with Gasteiger partial charge in [0.2, 0.25) is 0 Å². The van der Waals surface area contributed by atoms with Crippen molar-refractivity contribution >= 4 is 36.4 Å². The highest BCUT2D eigenvalue weighted by Gasteiger charge is 2.28. The van der Waals surface area contributed by atoms with E-state index in [2.05, 4.69) is 51.6 Å². The summed E-state index contributed by atoms with van der Waals surface area (Å²) >= 11 is 0. The Balaban J connectivity index is 0.00000150. The molecule has 2 aliphatic heterocycles. The van der Waals surface area contributed by atoms with Gasteiger partial charge in [-0.3, -0.25) is 9.69 Å². The van der Waals surface area contributed by atoms with Crippen LogP contribution in [0.3, 0.4) is 0 Å². The number of hydrogen-bond donors (Lipinski definition) is 2. The summed E-state index contributed by atoms with van der Waals surface area (Å²) in [5.41, 5.74) is 3.25. The monoisotopic (exact) mass is 440 g/mol. The smallest absolute Gasteiger partial charge is 0.254 e. The molecule has 3 heterocycles. The van der Waals surface area contributed by atoms with E-state index >= 15 is 0 Å². The van der Waals surface area contributed by atoms with Crippen molar-refractivity contribution in [1.29, 1.82) is 0 Å². The van der Waals surface area contributed by atoms with Crippen LogP contribution in [0.1, 0.15) is 28.6 Å². The van der Waals surface area contributed by atoms with E-state index in [-0.39, 0.29) is 30.7 Å². The fraction of sp³-hybridized carbons (Fsp3) is 0.476. The number of carbonyl (C=O) groups is 1. The molecule has 8 heteroatoms. The highest BCUT2D eigenvalue weighted by atomic mass is 35.5. The van der Waals surface area contributed by atoms with E-state index in [1.807, 2.05) is 0 Å². The number of piperazine rings is 1. The molecule has 1 atom stereocenters. The van der Waals surface area contributed by atoms with Gasteiger partial charge in [0.15, 0.2) is 0 Å². The maximum absolute atomic E-state index is 12.6. The molecule has 0 spiro atoms. The lowest BCUT2D eigenvalue weighted by Gasteiger charge is -2.27. The lowest BCUT2D eigenvalue weighted by atomic mass is 10.1. The fourth-order valence-electron chi connectivity index (χ4n) is 4.05. The number of amides is 1. The Bertz CT molecular complexity index is 792. The van der Waals surface area contributed by atoms with Gasteiger partial charge in [-0.15, -0.1) is 24.8 Å². The van der Waals surface area contributed by atoms with E-state index in [1.165, 1.54) is 11.3 Å². The Morgan fingerprint density at radius 3 is 2.76 bits per heavy atom. The van der Waals surface area contributed by atoms with Crippen molar-refractivity contribution < 1.29 is 9.21 Å². The van der Waals surface area contributed by atoms with Gasteiger partial charge in [-0.2, -0.15) is 0 Å². The van der Waals surface area contributed by atoms with Crippen molar-refractivity contribution in [3.63, 3.8) is 0 Å². The van der Waals surface area contributed by atoms with Gasteiger partial charge in [0, 0.05) is 51.0 Å². The van der Waals surface area contributed by atoms with Crippen molar-refractivity contribution in [2.24, 2.45) is 0 Å². The number of para-hydroxylation sites is 1. The molecule has 2 aromatic rings. The maximum atomic E-state index is 12.6. The molecule has 1 saturated heterocycles. The number of carbonyl (C=O) groups excluding carboxylic acids is 1. The number of hydrogen-bond acceptors (Lipinski definition) is 5. The summed E-state index contributed by atoms with van der Waals surface area (Å²) in [6.45, 7) is 8.51. The summed E-state index contributed by atoms with van der Waals surface area (Å²) in [5.74, 6) is 0.687. The first kappa shape index (κ1) is 23.5. The summed E-state index contributed by atoms with van der Waals surface area (Å²) in [6, 6.07) is 10.7. The number of anilines is 1. The third-order valence-corrected chi connectivity index (χ3v) is 5.58. The van der Waals surface area contributed by atoms with Crippen LogP contribution in [0.4, 0.5) is 5.69 Å². The summed E-state index contributed by atoms with van der Waals surface area (Å²) in [7, 11) is 0. The molecule has 160 valence electrons. The highest BCUT2D eigenvalue weighted by molar-refractivity contribution is 5.95. The molecule has 2 N–H and O–H groups in total. The zero-order valence-corrected chi connectivity index (χ0v) is 18.4. The van der Waals surface area contributed by atoms with Crippen LogP contribution in [0.25, 0.3) is 0 Å². The van der Waals surface area contributed by atoms with Gasteiger partial charge in [0.1, 0.15) is 5.76 Å². The molecular formula is C21H30Cl2N4O2. The van der Waals surface area contributed by atoms with E-state index in [9.17, 15) is 4.79 Å². The predicted octanol–water partition coefficient (Wildman–Crippen LogP) is 2.71. The number of benzene rings is 1.